The van der Waals surface area contributed by atoms with Gasteiger partial charge in [0, 0.05) is 17.7 Å². The van der Waals surface area contributed by atoms with E-state index in [1.807, 2.05) is 13.8 Å². The van der Waals surface area contributed by atoms with Crippen LogP contribution in [0.1, 0.15) is 51.2 Å². The number of rotatable bonds is 6. The van der Waals surface area contributed by atoms with E-state index in [-0.39, 0.29) is 23.6 Å². The lowest BCUT2D eigenvalue weighted by atomic mass is 10.1. The maximum absolute atomic E-state index is 12.5. The zero-order chi connectivity index (χ0) is 23.5. The first kappa shape index (κ1) is 22.6. The van der Waals surface area contributed by atoms with Gasteiger partial charge in [-0.1, -0.05) is 55.0 Å². The molecule has 2 aromatic heterocycles. The van der Waals surface area contributed by atoms with Gasteiger partial charge in [-0.25, -0.2) is 9.78 Å². The van der Waals surface area contributed by atoms with Gasteiger partial charge in [0.15, 0.2) is 0 Å². The fraction of sp³-hybridized carbons (Fsp3) is 0.174. The molecule has 33 heavy (non-hydrogen) atoms. The average molecular weight is 483 g/mol. The summed E-state index contributed by atoms with van der Waals surface area (Å²) in [6.07, 6.45) is 0. The normalized spacial score (nSPS) is 11.0. The molecule has 4 rings (SSSR count). The number of carbonyl (C=O) groups excluding carboxylic acids is 2. The third-order valence-electron chi connectivity index (χ3n) is 4.63. The number of nitrogens with zero attached hydrogens (tertiary/aromatic N) is 3. The van der Waals surface area contributed by atoms with Gasteiger partial charge in [-0.2, -0.15) is 9.61 Å². The van der Waals surface area contributed by atoms with Gasteiger partial charge in [0.05, 0.1) is 21.8 Å². The van der Waals surface area contributed by atoms with E-state index >= 15 is 0 Å². The van der Waals surface area contributed by atoms with Crippen molar-refractivity contribution in [3.8, 4) is 0 Å². The number of halogens is 1. The third kappa shape index (κ3) is 5.10. The van der Waals surface area contributed by atoms with E-state index in [0.717, 1.165) is 5.01 Å². The van der Waals surface area contributed by atoms with Gasteiger partial charge in [0.2, 0.25) is 4.96 Å². The largest absolute Gasteiger partial charge is 0.456 e. The van der Waals surface area contributed by atoms with Crippen LogP contribution in [0.5, 0.6) is 0 Å². The van der Waals surface area contributed by atoms with Gasteiger partial charge in [0.1, 0.15) is 11.6 Å². The first-order chi connectivity index (χ1) is 15.8. The van der Waals surface area contributed by atoms with Crippen molar-refractivity contribution in [1.29, 1.82) is 0 Å². The number of fused-ring (bicyclic) bond motifs is 1. The Kier molecular flexibility index (Phi) is 6.52. The van der Waals surface area contributed by atoms with Gasteiger partial charge < -0.3 is 10.1 Å². The van der Waals surface area contributed by atoms with Crippen LogP contribution in [0, 0.1) is 0 Å². The summed E-state index contributed by atoms with van der Waals surface area (Å²) in [5.41, 5.74) is 0.972. The molecule has 8 nitrogen and oxygen atoms in total. The van der Waals surface area contributed by atoms with Crippen LogP contribution in [0.15, 0.2) is 59.4 Å². The van der Waals surface area contributed by atoms with E-state index in [4.69, 9.17) is 16.3 Å². The van der Waals surface area contributed by atoms with E-state index in [0.29, 0.717) is 26.9 Å². The highest BCUT2D eigenvalue weighted by Gasteiger charge is 2.15. The molecular weight excluding hydrogens is 464 g/mol. The van der Waals surface area contributed by atoms with E-state index < -0.39 is 11.9 Å². The molecule has 0 bridgehead atoms. The highest BCUT2D eigenvalue weighted by Crippen LogP contribution is 2.21. The summed E-state index contributed by atoms with van der Waals surface area (Å²) in [6.45, 7) is 3.79. The summed E-state index contributed by atoms with van der Waals surface area (Å²) in [6, 6.07) is 14.3. The van der Waals surface area contributed by atoms with Crippen molar-refractivity contribution in [3.63, 3.8) is 0 Å². The van der Waals surface area contributed by atoms with E-state index in [1.165, 1.54) is 28.0 Å². The Morgan fingerprint density at radius 1 is 1.15 bits per heavy atom. The molecule has 1 N–H and O–H groups in total. The number of hydrogen-bond acceptors (Lipinski definition) is 7. The maximum atomic E-state index is 12.5. The van der Waals surface area contributed by atoms with Crippen molar-refractivity contribution >= 4 is 45.5 Å². The number of hydrogen-bond donors (Lipinski definition) is 1. The minimum Gasteiger partial charge on any atom is -0.456 e. The van der Waals surface area contributed by atoms with Gasteiger partial charge >= 0.3 is 5.97 Å². The standard InChI is InChI=1S/C23H19ClN4O4S/c1-13(2)21-27-28-19(29)11-16(26-23(28)33-21)12-32-22(31)14-6-5-7-15(10-14)25-20(30)17-8-3-4-9-18(17)24/h3-11,13H,12H2,1-2H3,(H,25,30). The third-order valence-corrected chi connectivity index (χ3v) is 6.17. The number of anilines is 1. The lowest BCUT2D eigenvalue weighted by Gasteiger charge is -2.09. The minimum atomic E-state index is -0.613. The summed E-state index contributed by atoms with van der Waals surface area (Å²) in [4.78, 5) is 42.1. The molecule has 0 saturated carbocycles. The summed E-state index contributed by atoms with van der Waals surface area (Å²) < 4.78 is 6.58. The summed E-state index contributed by atoms with van der Waals surface area (Å²) >= 11 is 7.38. The number of amides is 1. The molecule has 4 aromatic rings. The van der Waals surface area contributed by atoms with Crippen molar-refractivity contribution in [2.24, 2.45) is 0 Å². The number of nitrogens with one attached hydrogen (secondary N) is 1. The molecule has 2 heterocycles. The van der Waals surface area contributed by atoms with Crippen molar-refractivity contribution in [2.75, 3.05) is 5.32 Å². The Hall–Kier alpha value is -3.56. The Morgan fingerprint density at radius 3 is 2.70 bits per heavy atom. The highest BCUT2D eigenvalue weighted by atomic mass is 35.5. The first-order valence-electron chi connectivity index (χ1n) is 10.0. The Labute approximate surface area is 197 Å². The van der Waals surface area contributed by atoms with Crippen molar-refractivity contribution < 1.29 is 14.3 Å². The van der Waals surface area contributed by atoms with Gasteiger partial charge in [0.25, 0.3) is 11.5 Å². The van der Waals surface area contributed by atoms with Crippen LogP contribution in [0.25, 0.3) is 4.96 Å². The Balaban J connectivity index is 1.45. The number of ether oxygens (including phenoxy) is 1. The van der Waals surface area contributed by atoms with E-state index in [9.17, 15) is 14.4 Å². The van der Waals surface area contributed by atoms with Gasteiger partial charge in [-0.3, -0.25) is 9.59 Å². The Bertz CT molecular complexity index is 1410. The quantitative estimate of drug-likeness (QED) is 0.405. The SMILES string of the molecule is CC(C)c1nn2c(=O)cc(COC(=O)c3cccc(NC(=O)c4ccccc4Cl)c3)nc2s1. The Morgan fingerprint density at radius 2 is 1.94 bits per heavy atom. The summed E-state index contributed by atoms with van der Waals surface area (Å²) in [7, 11) is 0. The molecule has 168 valence electrons. The first-order valence-corrected chi connectivity index (χ1v) is 11.2. The minimum absolute atomic E-state index is 0.170. The number of benzene rings is 2. The molecule has 0 unspecified atom stereocenters. The second kappa shape index (κ2) is 9.51. The van der Waals surface area contributed by atoms with Crippen molar-refractivity contribution in [2.45, 2.75) is 26.4 Å². The predicted molar refractivity (Wildman–Crippen MR) is 126 cm³/mol. The second-order valence-electron chi connectivity index (χ2n) is 7.47. The van der Waals surface area contributed by atoms with Crippen LogP contribution in [0.3, 0.4) is 0 Å². The smallest absolute Gasteiger partial charge is 0.338 e. The lowest BCUT2D eigenvalue weighted by molar-refractivity contribution is 0.0467. The van der Waals surface area contributed by atoms with Gasteiger partial charge in [-0.05, 0) is 30.3 Å². The number of carbonyl (C=O) groups is 2. The van der Waals surface area contributed by atoms with Crippen molar-refractivity contribution in [1.82, 2.24) is 14.6 Å². The zero-order valence-electron chi connectivity index (χ0n) is 17.7. The number of aromatic nitrogens is 3. The van der Waals surface area contributed by atoms with Crippen LogP contribution in [-0.2, 0) is 11.3 Å². The summed E-state index contributed by atoms with van der Waals surface area (Å²) in [5, 5.41) is 8.10. The lowest BCUT2D eigenvalue weighted by Crippen LogP contribution is -2.17. The van der Waals surface area contributed by atoms with Crippen LogP contribution >= 0.6 is 22.9 Å². The molecule has 0 aliphatic heterocycles. The molecule has 0 saturated heterocycles. The van der Waals surface area contributed by atoms with Crippen LogP contribution in [-0.4, -0.2) is 26.5 Å². The topological polar surface area (TPSA) is 103 Å². The van der Waals surface area contributed by atoms with E-state index in [2.05, 4.69) is 15.4 Å². The van der Waals surface area contributed by atoms with Gasteiger partial charge in [-0.15, -0.1) is 0 Å². The molecule has 2 aromatic carbocycles. The molecule has 0 aliphatic rings. The highest BCUT2D eigenvalue weighted by molar-refractivity contribution is 7.16. The molecule has 0 fully saturated rings. The molecular formula is C23H19ClN4O4S. The molecule has 0 radical (unpaired) electrons. The maximum Gasteiger partial charge on any atom is 0.338 e. The average Bonchev–Trinajstić information content (AvgIpc) is 3.23. The molecule has 0 atom stereocenters. The fourth-order valence-electron chi connectivity index (χ4n) is 2.97. The second-order valence-corrected chi connectivity index (χ2v) is 8.86. The van der Waals surface area contributed by atoms with Crippen LogP contribution in [0.2, 0.25) is 5.02 Å². The molecule has 0 spiro atoms. The van der Waals surface area contributed by atoms with Crippen LogP contribution < -0.4 is 10.9 Å². The monoisotopic (exact) mass is 482 g/mol. The zero-order valence-corrected chi connectivity index (χ0v) is 19.3. The molecule has 1 amide bonds. The van der Waals surface area contributed by atoms with E-state index in [1.54, 1.807) is 42.5 Å². The fourth-order valence-corrected chi connectivity index (χ4v) is 4.12. The van der Waals surface area contributed by atoms with Crippen LogP contribution in [0.4, 0.5) is 5.69 Å². The van der Waals surface area contributed by atoms with Crippen molar-refractivity contribution in [3.05, 3.63) is 91.8 Å². The predicted octanol–water partition coefficient (Wildman–Crippen LogP) is 4.54. The number of esters is 1. The summed E-state index contributed by atoms with van der Waals surface area (Å²) in [5.74, 6) is -0.838. The molecule has 0 aliphatic carbocycles. The molecule has 10 heteroatoms.